The Kier molecular flexibility index (Phi) is 5.02. The molecule has 1 amide bonds. The second-order valence-corrected chi connectivity index (χ2v) is 5.66. The molecule has 0 saturated carbocycles. The first-order chi connectivity index (χ1) is 9.99. The molecule has 1 heterocycles. The summed E-state index contributed by atoms with van der Waals surface area (Å²) >= 11 is 6.12. The third-order valence-corrected chi connectivity index (χ3v) is 4.04. The molecule has 5 heteroatoms. The maximum absolute atomic E-state index is 12.5. The summed E-state index contributed by atoms with van der Waals surface area (Å²) in [4.78, 5) is 24.9. The average molecular weight is 308 g/mol. The highest BCUT2D eigenvalue weighted by Crippen LogP contribution is 2.23. The number of likely N-dealkylation sites (tertiary alicyclic amines) is 1. The molecule has 1 aliphatic heterocycles. The fourth-order valence-corrected chi connectivity index (χ4v) is 2.77. The summed E-state index contributed by atoms with van der Waals surface area (Å²) in [7, 11) is 0. The van der Waals surface area contributed by atoms with Gasteiger partial charge in [-0.3, -0.25) is 4.79 Å². The predicted molar refractivity (Wildman–Crippen MR) is 82.5 cm³/mol. The van der Waals surface area contributed by atoms with Crippen molar-refractivity contribution in [2.45, 2.75) is 32.2 Å². The summed E-state index contributed by atoms with van der Waals surface area (Å²) in [6.45, 7) is 2.83. The van der Waals surface area contributed by atoms with E-state index in [0.717, 1.165) is 31.9 Å². The molecule has 0 aliphatic carbocycles. The maximum atomic E-state index is 12.5. The van der Waals surface area contributed by atoms with E-state index in [0.29, 0.717) is 16.1 Å². The minimum Gasteiger partial charge on any atom is -0.478 e. The molecule has 112 valence electrons. The number of carbonyl (C=O) groups excluding carboxylic acids is 1. The molecule has 1 saturated heterocycles. The monoisotopic (exact) mass is 307 g/mol. The number of halogens is 1. The van der Waals surface area contributed by atoms with Crippen LogP contribution in [0.4, 0.5) is 0 Å². The number of piperidine rings is 1. The van der Waals surface area contributed by atoms with Crippen molar-refractivity contribution in [3.63, 3.8) is 0 Å². The molecule has 0 spiro atoms. The first-order valence-corrected chi connectivity index (χ1v) is 7.38. The number of amides is 1. The van der Waals surface area contributed by atoms with Gasteiger partial charge in [0.25, 0.3) is 5.91 Å². The van der Waals surface area contributed by atoms with Crippen LogP contribution in [0, 0.1) is 0 Å². The number of rotatable bonds is 3. The normalized spacial score (nSPS) is 19.0. The molecule has 0 radical (unpaired) electrons. The Hall–Kier alpha value is -1.81. The van der Waals surface area contributed by atoms with Gasteiger partial charge < -0.3 is 10.0 Å². The van der Waals surface area contributed by atoms with E-state index in [2.05, 4.69) is 6.92 Å². The minimum atomic E-state index is -1.03. The molecule has 1 fully saturated rings. The highest BCUT2D eigenvalue weighted by Gasteiger charge is 2.24. The summed E-state index contributed by atoms with van der Waals surface area (Å²) in [6, 6.07) is 5.21. The van der Waals surface area contributed by atoms with Gasteiger partial charge in [0.2, 0.25) is 0 Å². The highest BCUT2D eigenvalue weighted by atomic mass is 35.5. The van der Waals surface area contributed by atoms with Gasteiger partial charge in [-0.05, 0) is 50.0 Å². The zero-order chi connectivity index (χ0) is 15.4. The van der Waals surface area contributed by atoms with Gasteiger partial charge >= 0.3 is 5.97 Å². The number of carboxylic acid groups (broad SMARTS) is 1. The van der Waals surface area contributed by atoms with Crippen LogP contribution in [0.5, 0.6) is 0 Å². The molecule has 1 aromatic carbocycles. The van der Waals surface area contributed by atoms with Crippen LogP contribution < -0.4 is 0 Å². The zero-order valence-electron chi connectivity index (χ0n) is 11.9. The SMILES string of the molecule is CC1CCCCN1C(=O)c1ccc(/C=C/C(=O)O)c(Cl)c1. The van der Waals surface area contributed by atoms with Crippen molar-refractivity contribution >= 4 is 29.6 Å². The van der Waals surface area contributed by atoms with Gasteiger partial charge in [0.15, 0.2) is 0 Å². The largest absolute Gasteiger partial charge is 0.478 e. The third kappa shape index (κ3) is 3.85. The van der Waals surface area contributed by atoms with E-state index in [-0.39, 0.29) is 11.9 Å². The van der Waals surface area contributed by atoms with Crippen LogP contribution in [0.1, 0.15) is 42.1 Å². The summed E-state index contributed by atoms with van der Waals surface area (Å²) in [5, 5.41) is 8.99. The standard InChI is InChI=1S/C16H18ClNO3/c1-11-4-2-3-9-18(11)16(21)13-6-5-12(14(17)10-13)7-8-15(19)20/h5-8,10-11H,2-4,9H2,1H3,(H,19,20)/b8-7+. The van der Waals surface area contributed by atoms with Gasteiger partial charge in [-0.15, -0.1) is 0 Å². The maximum Gasteiger partial charge on any atom is 0.328 e. The lowest BCUT2D eigenvalue weighted by Gasteiger charge is -2.33. The van der Waals surface area contributed by atoms with Crippen LogP contribution in [0.3, 0.4) is 0 Å². The second-order valence-electron chi connectivity index (χ2n) is 5.25. The van der Waals surface area contributed by atoms with Crippen LogP contribution in [0.25, 0.3) is 6.08 Å². The van der Waals surface area contributed by atoms with Crippen molar-refractivity contribution in [3.8, 4) is 0 Å². The van der Waals surface area contributed by atoms with Crippen LogP contribution in [-0.4, -0.2) is 34.5 Å². The Labute approximate surface area is 129 Å². The van der Waals surface area contributed by atoms with Crippen molar-refractivity contribution in [1.82, 2.24) is 4.90 Å². The lowest BCUT2D eigenvalue weighted by molar-refractivity contribution is -0.131. The van der Waals surface area contributed by atoms with Gasteiger partial charge in [0.1, 0.15) is 0 Å². The van der Waals surface area contributed by atoms with Crippen LogP contribution >= 0.6 is 11.6 Å². The van der Waals surface area contributed by atoms with Gasteiger partial charge in [-0.2, -0.15) is 0 Å². The highest BCUT2D eigenvalue weighted by molar-refractivity contribution is 6.32. The molecule has 4 nitrogen and oxygen atoms in total. The quantitative estimate of drug-likeness (QED) is 0.870. The number of hydrogen-bond acceptors (Lipinski definition) is 2. The summed E-state index contributed by atoms with van der Waals surface area (Å²) in [5.74, 6) is -1.05. The number of hydrogen-bond donors (Lipinski definition) is 1. The summed E-state index contributed by atoms with van der Waals surface area (Å²) < 4.78 is 0. The van der Waals surface area contributed by atoms with E-state index < -0.39 is 5.97 Å². The van der Waals surface area contributed by atoms with E-state index >= 15 is 0 Å². The van der Waals surface area contributed by atoms with Crippen molar-refractivity contribution in [1.29, 1.82) is 0 Å². The summed E-state index contributed by atoms with van der Waals surface area (Å²) in [5.41, 5.74) is 1.13. The molecule has 1 unspecified atom stereocenters. The number of carboxylic acids is 1. The molecule has 1 aliphatic rings. The third-order valence-electron chi connectivity index (χ3n) is 3.72. The summed E-state index contributed by atoms with van der Waals surface area (Å²) in [6.07, 6.45) is 5.66. The molecule has 1 N–H and O–H groups in total. The van der Waals surface area contributed by atoms with Crippen LogP contribution in [0.2, 0.25) is 5.02 Å². The number of carbonyl (C=O) groups is 2. The fourth-order valence-electron chi connectivity index (χ4n) is 2.52. The van der Waals surface area contributed by atoms with Crippen molar-refractivity contribution in [2.75, 3.05) is 6.54 Å². The Morgan fingerprint density at radius 3 is 2.76 bits per heavy atom. The topological polar surface area (TPSA) is 57.6 Å². The first-order valence-electron chi connectivity index (χ1n) is 7.00. The first kappa shape index (κ1) is 15.6. The smallest absolute Gasteiger partial charge is 0.328 e. The van der Waals surface area contributed by atoms with E-state index in [1.165, 1.54) is 6.08 Å². The van der Waals surface area contributed by atoms with Crippen molar-refractivity contribution < 1.29 is 14.7 Å². The fraction of sp³-hybridized carbons (Fsp3) is 0.375. The van der Waals surface area contributed by atoms with Crippen molar-refractivity contribution in [3.05, 3.63) is 40.4 Å². The molecular weight excluding hydrogens is 290 g/mol. The predicted octanol–water partition coefficient (Wildman–Crippen LogP) is 3.45. The minimum absolute atomic E-state index is 0.0159. The molecular formula is C16H18ClNO3. The Morgan fingerprint density at radius 1 is 1.38 bits per heavy atom. The Morgan fingerprint density at radius 2 is 2.14 bits per heavy atom. The van der Waals surface area contributed by atoms with Gasteiger partial charge in [-0.1, -0.05) is 17.7 Å². The van der Waals surface area contributed by atoms with Gasteiger partial charge in [0, 0.05) is 29.2 Å². The van der Waals surface area contributed by atoms with Crippen LogP contribution in [-0.2, 0) is 4.79 Å². The van der Waals surface area contributed by atoms with Crippen molar-refractivity contribution in [2.24, 2.45) is 0 Å². The van der Waals surface area contributed by atoms with E-state index in [4.69, 9.17) is 16.7 Å². The molecule has 2 rings (SSSR count). The number of aliphatic carboxylic acids is 1. The zero-order valence-corrected chi connectivity index (χ0v) is 12.6. The lowest BCUT2D eigenvalue weighted by atomic mass is 10.0. The van der Waals surface area contributed by atoms with E-state index in [1.807, 2.05) is 4.90 Å². The molecule has 0 bridgehead atoms. The average Bonchev–Trinajstić information content (AvgIpc) is 2.45. The lowest BCUT2D eigenvalue weighted by Crippen LogP contribution is -2.42. The molecule has 1 atom stereocenters. The molecule has 0 aromatic heterocycles. The van der Waals surface area contributed by atoms with E-state index in [9.17, 15) is 9.59 Å². The Balaban J connectivity index is 2.19. The number of benzene rings is 1. The van der Waals surface area contributed by atoms with Crippen LogP contribution in [0.15, 0.2) is 24.3 Å². The Bertz CT molecular complexity index is 583. The molecule has 1 aromatic rings. The molecule has 21 heavy (non-hydrogen) atoms. The second kappa shape index (κ2) is 6.76. The van der Waals surface area contributed by atoms with E-state index in [1.54, 1.807) is 18.2 Å². The van der Waals surface area contributed by atoms with Gasteiger partial charge in [0.05, 0.1) is 0 Å². The van der Waals surface area contributed by atoms with Gasteiger partial charge in [-0.25, -0.2) is 4.79 Å². The number of nitrogens with zero attached hydrogens (tertiary/aromatic N) is 1.